The Kier molecular flexibility index (Phi) is 7.98. The van der Waals surface area contributed by atoms with Gasteiger partial charge in [0.05, 0.1) is 18.2 Å². The number of aromatic nitrogens is 1. The zero-order valence-electron chi connectivity index (χ0n) is 11.9. The molecule has 8 heteroatoms. The van der Waals surface area contributed by atoms with Crippen molar-refractivity contribution in [2.45, 2.75) is 12.5 Å². The molecule has 0 fully saturated rings. The molecule has 1 atom stereocenters. The summed E-state index contributed by atoms with van der Waals surface area (Å²) >= 11 is 4.82. The lowest BCUT2D eigenvalue weighted by atomic mass is 10.2. The Morgan fingerprint density at radius 3 is 2.95 bits per heavy atom. The van der Waals surface area contributed by atoms with Gasteiger partial charge in [-0.1, -0.05) is 28.1 Å². The molecule has 0 aliphatic rings. The Morgan fingerprint density at radius 2 is 2.32 bits per heavy atom. The Labute approximate surface area is 147 Å². The molecule has 0 spiro atoms. The first-order valence-corrected chi connectivity index (χ1v) is 8.04. The Morgan fingerprint density at radius 1 is 1.55 bits per heavy atom. The Balaban J connectivity index is 0.00000242. The van der Waals surface area contributed by atoms with Gasteiger partial charge in [-0.3, -0.25) is 4.79 Å². The third-order valence-corrected chi connectivity index (χ3v) is 4.13. The fourth-order valence-corrected chi connectivity index (χ4v) is 2.89. The van der Waals surface area contributed by atoms with Gasteiger partial charge in [0.25, 0.3) is 0 Å². The summed E-state index contributed by atoms with van der Waals surface area (Å²) in [6.45, 7) is 0.311. The van der Waals surface area contributed by atoms with Gasteiger partial charge in [0, 0.05) is 29.1 Å². The number of benzene rings is 1. The second kappa shape index (κ2) is 9.22. The number of ether oxygens (including phenoxy) is 1. The minimum Gasteiger partial charge on any atom is -0.380 e. The molecule has 1 aromatic heterocycles. The number of methoxy groups -OCH3 is 1. The van der Waals surface area contributed by atoms with E-state index in [0.717, 1.165) is 15.7 Å². The molecule has 0 saturated heterocycles. The summed E-state index contributed by atoms with van der Waals surface area (Å²) in [6.07, 6.45) is -0.0479. The summed E-state index contributed by atoms with van der Waals surface area (Å²) in [5, 5.41) is 5.25. The number of rotatable bonds is 6. The first kappa shape index (κ1) is 19.1. The molecular weight excluding hydrogens is 390 g/mol. The summed E-state index contributed by atoms with van der Waals surface area (Å²) in [7, 11) is 1.54. The first-order valence-electron chi connectivity index (χ1n) is 6.36. The highest BCUT2D eigenvalue weighted by molar-refractivity contribution is 9.10. The highest BCUT2D eigenvalue weighted by Gasteiger charge is 2.13. The number of nitrogens with zero attached hydrogens (tertiary/aromatic N) is 1. The van der Waals surface area contributed by atoms with Gasteiger partial charge in [-0.25, -0.2) is 4.98 Å². The monoisotopic (exact) mass is 405 g/mol. The van der Waals surface area contributed by atoms with Crippen LogP contribution in [0.25, 0.3) is 11.3 Å². The minimum absolute atomic E-state index is 0. The van der Waals surface area contributed by atoms with Crippen LogP contribution in [-0.4, -0.2) is 30.6 Å². The van der Waals surface area contributed by atoms with E-state index in [0.29, 0.717) is 11.7 Å². The first-order chi connectivity index (χ1) is 10.1. The Hall–Kier alpha value is -0.990. The summed E-state index contributed by atoms with van der Waals surface area (Å²) < 4.78 is 6.08. The smallest absolute Gasteiger partial charge is 0.228 e. The van der Waals surface area contributed by atoms with E-state index in [1.807, 2.05) is 29.6 Å². The highest BCUT2D eigenvalue weighted by atomic mass is 79.9. The number of hydrogen-bond acceptors (Lipinski definition) is 5. The van der Waals surface area contributed by atoms with Gasteiger partial charge >= 0.3 is 0 Å². The predicted octanol–water partition coefficient (Wildman–Crippen LogP) is 3.30. The van der Waals surface area contributed by atoms with Crippen LogP contribution in [0.5, 0.6) is 0 Å². The van der Waals surface area contributed by atoms with Crippen LogP contribution in [0.15, 0.2) is 34.1 Å². The van der Waals surface area contributed by atoms with Crippen molar-refractivity contribution >= 4 is 50.7 Å². The van der Waals surface area contributed by atoms with Gasteiger partial charge in [0.15, 0.2) is 5.13 Å². The van der Waals surface area contributed by atoms with Crippen molar-refractivity contribution in [3.63, 3.8) is 0 Å². The fraction of sp³-hybridized carbons (Fsp3) is 0.286. The van der Waals surface area contributed by atoms with Crippen molar-refractivity contribution < 1.29 is 9.53 Å². The molecule has 22 heavy (non-hydrogen) atoms. The molecule has 0 aliphatic heterocycles. The van der Waals surface area contributed by atoms with Crippen LogP contribution in [0, 0.1) is 0 Å². The summed E-state index contributed by atoms with van der Waals surface area (Å²) in [5.41, 5.74) is 7.33. The maximum absolute atomic E-state index is 11.9. The SMILES string of the molecule is COC(CN)CC(=O)Nc1nc(-c2cccc(Br)c2)cs1.Cl. The third kappa shape index (κ3) is 5.33. The van der Waals surface area contributed by atoms with E-state index in [2.05, 4.69) is 26.2 Å². The maximum Gasteiger partial charge on any atom is 0.228 e. The molecule has 120 valence electrons. The average molecular weight is 407 g/mol. The number of anilines is 1. The summed E-state index contributed by atoms with van der Waals surface area (Å²) in [6, 6.07) is 7.86. The lowest BCUT2D eigenvalue weighted by Crippen LogP contribution is -2.28. The molecule has 1 aromatic carbocycles. The molecule has 0 radical (unpaired) electrons. The number of hydrogen-bond donors (Lipinski definition) is 2. The van der Waals surface area contributed by atoms with Crippen LogP contribution in [0.3, 0.4) is 0 Å². The average Bonchev–Trinajstić information content (AvgIpc) is 2.93. The molecule has 1 heterocycles. The minimum atomic E-state index is -0.269. The van der Waals surface area contributed by atoms with Crippen LogP contribution >= 0.6 is 39.7 Å². The van der Waals surface area contributed by atoms with Gasteiger partial charge in [0.1, 0.15) is 0 Å². The van der Waals surface area contributed by atoms with E-state index in [4.69, 9.17) is 10.5 Å². The number of amides is 1. The number of thiazole rings is 1. The van der Waals surface area contributed by atoms with Crippen LogP contribution in [0.1, 0.15) is 6.42 Å². The largest absolute Gasteiger partial charge is 0.380 e. The lowest BCUT2D eigenvalue weighted by molar-refractivity contribution is -0.118. The van der Waals surface area contributed by atoms with Gasteiger partial charge in [-0.05, 0) is 12.1 Å². The van der Waals surface area contributed by atoms with E-state index in [9.17, 15) is 4.79 Å². The highest BCUT2D eigenvalue weighted by Crippen LogP contribution is 2.26. The molecule has 0 saturated carbocycles. The van der Waals surface area contributed by atoms with Crippen molar-refractivity contribution in [1.82, 2.24) is 4.98 Å². The van der Waals surface area contributed by atoms with E-state index in [1.54, 1.807) is 7.11 Å². The van der Waals surface area contributed by atoms with Crippen molar-refractivity contribution in [2.24, 2.45) is 5.73 Å². The standard InChI is InChI=1S/C14H16BrN3O2S.ClH/c1-20-11(7-16)6-13(19)18-14-17-12(8-21-14)9-3-2-4-10(15)5-9;/h2-5,8,11H,6-7,16H2,1H3,(H,17,18,19);1H. The number of carbonyl (C=O) groups is 1. The molecule has 1 amide bonds. The van der Waals surface area contributed by atoms with Crippen molar-refractivity contribution in [1.29, 1.82) is 0 Å². The molecule has 1 unspecified atom stereocenters. The number of nitrogens with two attached hydrogens (primary N) is 1. The van der Waals surface area contributed by atoms with E-state index in [1.165, 1.54) is 11.3 Å². The van der Waals surface area contributed by atoms with Crippen molar-refractivity contribution in [3.05, 3.63) is 34.1 Å². The fourth-order valence-electron chi connectivity index (χ4n) is 1.75. The number of carbonyl (C=O) groups excluding carboxylic acids is 1. The molecule has 5 nitrogen and oxygen atoms in total. The molecular formula is C14H17BrClN3O2S. The predicted molar refractivity (Wildman–Crippen MR) is 95.6 cm³/mol. The summed E-state index contributed by atoms with van der Waals surface area (Å²) in [5.74, 6) is -0.151. The van der Waals surface area contributed by atoms with Gasteiger partial charge < -0.3 is 15.8 Å². The van der Waals surface area contributed by atoms with Crippen LogP contribution in [0.2, 0.25) is 0 Å². The van der Waals surface area contributed by atoms with E-state index in [-0.39, 0.29) is 30.8 Å². The molecule has 0 bridgehead atoms. The van der Waals surface area contributed by atoms with E-state index < -0.39 is 0 Å². The van der Waals surface area contributed by atoms with Crippen molar-refractivity contribution in [3.8, 4) is 11.3 Å². The van der Waals surface area contributed by atoms with Crippen LogP contribution in [-0.2, 0) is 9.53 Å². The molecule has 0 aliphatic carbocycles. The number of halogens is 2. The lowest BCUT2D eigenvalue weighted by Gasteiger charge is -2.11. The zero-order chi connectivity index (χ0) is 15.2. The molecule has 3 N–H and O–H groups in total. The maximum atomic E-state index is 11.9. The van der Waals surface area contributed by atoms with Crippen LogP contribution < -0.4 is 11.1 Å². The van der Waals surface area contributed by atoms with Gasteiger partial charge in [-0.15, -0.1) is 23.7 Å². The Bertz CT molecular complexity index is 620. The van der Waals surface area contributed by atoms with Crippen LogP contribution in [0.4, 0.5) is 5.13 Å². The normalized spacial score (nSPS) is 11.6. The summed E-state index contributed by atoms with van der Waals surface area (Å²) in [4.78, 5) is 16.3. The van der Waals surface area contributed by atoms with Gasteiger partial charge in [0.2, 0.25) is 5.91 Å². The second-order valence-electron chi connectivity index (χ2n) is 4.39. The quantitative estimate of drug-likeness (QED) is 0.771. The topological polar surface area (TPSA) is 77.2 Å². The zero-order valence-corrected chi connectivity index (χ0v) is 15.1. The van der Waals surface area contributed by atoms with Crippen molar-refractivity contribution in [2.75, 3.05) is 19.0 Å². The van der Waals surface area contributed by atoms with E-state index >= 15 is 0 Å². The third-order valence-electron chi connectivity index (χ3n) is 2.88. The number of nitrogens with one attached hydrogen (secondary N) is 1. The molecule has 2 aromatic rings. The second-order valence-corrected chi connectivity index (χ2v) is 6.17. The van der Waals surface area contributed by atoms with Gasteiger partial charge in [-0.2, -0.15) is 0 Å². The molecule has 2 rings (SSSR count).